The smallest absolute Gasteiger partial charge is 0.0896 e. The third-order valence-corrected chi connectivity index (χ3v) is 3.98. The van der Waals surface area contributed by atoms with Crippen LogP contribution in [-0.2, 0) is 6.42 Å². The molecule has 0 aliphatic carbocycles. The number of rotatable bonds is 3. The first kappa shape index (κ1) is 11.0. The van der Waals surface area contributed by atoms with Gasteiger partial charge in [0.05, 0.1) is 5.01 Å². The fourth-order valence-corrected chi connectivity index (χ4v) is 3.01. The fraction of sp³-hybridized carbons (Fsp3) is 0.727. The standard InChI is InChI=1S/C11H19N3S/c1-8-14-7-10(15-8)5-11(12)9-3-2-4-13-6-9/h7,9,11,13H,2-6,12H2,1H3. The molecule has 0 saturated carbocycles. The van der Waals surface area contributed by atoms with E-state index in [1.54, 1.807) is 11.3 Å². The molecule has 3 N–H and O–H groups in total. The van der Waals surface area contributed by atoms with Crippen LogP contribution in [0.15, 0.2) is 6.20 Å². The molecule has 0 spiro atoms. The number of nitrogens with zero attached hydrogens (tertiary/aromatic N) is 1. The molecule has 1 saturated heterocycles. The molecular formula is C11H19N3S. The topological polar surface area (TPSA) is 50.9 Å². The van der Waals surface area contributed by atoms with Crippen LogP contribution in [0.1, 0.15) is 22.7 Å². The maximum absolute atomic E-state index is 6.23. The van der Waals surface area contributed by atoms with Gasteiger partial charge in [-0.3, -0.25) is 0 Å². The van der Waals surface area contributed by atoms with Crippen LogP contribution in [0, 0.1) is 12.8 Å². The van der Waals surface area contributed by atoms with Gasteiger partial charge >= 0.3 is 0 Å². The molecule has 2 rings (SSSR count). The van der Waals surface area contributed by atoms with Gasteiger partial charge in [0, 0.05) is 17.1 Å². The number of piperidine rings is 1. The van der Waals surface area contributed by atoms with Crippen molar-refractivity contribution in [3.63, 3.8) is 0 Å². The predicted octanol–water partition coefficient (Wildman–Crippen LogP) is 1.32. The van der Waals surface area contributed by atoms with Crippen molar-refractivity contribution < 1.29 is 0 Å². The molecule has 1 fully saturated rings. The summed E-state index contributed by atoms with van der Waals surface area (Å²) in [6.07, 6.45) is 5.49. The molecule has 1 aliphatic rings. The molecule has 0 radical (unpaired) electrons. The highest BCUT2D eigenvalue weighted by atomic mass is 32.1. The minimum absolute atomic E-state index is 0.289. The lowest BCUT2D eigenvalue weighted by Gasteiger charge is -2.27. The van der Waals surface area contributed by atoms with Gasteiger partial charge in [0.25, 0.3) is 0 Å². The maximum Gasteiger partial charge on any atom is 0.0896 e. The van der Waals surface area contributed by atoms with E-state index < -0.39 is 0 Å². The number of aryl methyl sites for hydroxylation is 1. The van der Waals surface area contributed by atoms with Gasteiger partial charge < -0.3 is 11.1 Å². The van der Waals surface area contributed by atoms with Crippen LogP contribution in [0.25, 0.3) is 0 Å². The molecule has 1 aliphatic heterocycles. The molecule has 15 heavy (non-hydrogen) atoms. The van der Waals surface area contributed by atoms with Crippen LogP contribution in [0.2, 0.25) is 0 Å². The first-order valence-electron chi connectivity index (χ1n) is 5.63. The Morgan fingerprint density at radius 3 is 3.20 bits per heavy atom. The summed E-state index contributed by atoms with van der Waals surface area (Å²) in [6, 6.07) is 0.289. The van der Waals surface area contributed by atoms with Gasteiger partial charge in [-0.2, -0.15) is 0 Å². The Labute approximate surface area is 95.1 Å². The number of hydrogen-bond donors (Lipinski definition) is 2. The molecule has 1 aromatic heterocycles. The summed E-state index contributed by atoms with van der Waals surface area (Å²) in [5, 5.41) is 4.55. The van der Waals surface area contributed by atoms with Gasteiger partial charge in [0.2, 0.25) is 0 Å². The largest absolute Gasteiger partial charge is 0.327 e. The van der Waals surface area contributed by atoms with E-state index in [2.05, 4.69) is 10.3 Å². The minimum atomic E-state index is 0.289. The molecular weight excluding hydrogens is 206 g/mol. The quantitative estimate of drug-likeness (QED) is 0.816. The van der Waals surface area contributed by atoms with E-state index in [0.29, 0.717) is 5.92 Å². The van der Waals surface area contributed by atoms with Crippen LogP contribution >= 0.6 is 11.3 Å². The van der Waals surface area contributed by atoms with Crippen molar-refractivity contribution in [1.82, 2.24) is 10.3 Å². The predicted molar refractivity (Wildman–Crippen MR) is 64.1 cm³/mol. The Hall–Kier alpha value is -0.450. The first-order valence-corrected chi connectivity index (χ1v) is 6.45. The zero-order valence-corrected chi connectivity index (χ0v) is 10.0. The summed E-state index contributed by atoms with van der Waals surface area (Å²) in [4.78, 5) is 5.59. The lowest BCUT2D eigenvalue weighted by atomic mass is 9.90. The lowest BCUT2D eigenvalue weighted by Crippen LogP contribution is -2.42. The van der Waals surface area contributed by atoms with Gasteiger partial charge in [-0.1, -0.05) is 0 Å². The van der Waals surface area contributed by atoms with Crippen LogP contribution in [0.5, 0.6) is 0 Å². The van der Waals surface area contributed by atoms with Gasteiger partial charge in [-0.25, -0.2) is 4.98 Å². The number of nitrogens with one attached hydrogen (secondary N) is 1. The first-order chi connectivity index (χ1) is 7.25. The summed E-state index contributed by atoms with van der Waals surface area (Å²) in [6.45, 7) is 4.28. The fourth-order valence-electron chi connectivity index (χ4n) is 2.14. The van der Waals surface area contributed by atoms with Crippen LogP contribution < -0.4 is 11.1 Å². The highest BCUT2D eigenvalue weighted by Crippen LogP contribution is 2.19. The SMILES string of the molecule is Cc1ncc(CC(N)C2CCCNC2)s1. The van der Waals surface area contributed by atoms with Crippen LogP contribution in [0.3, 0.4) is 0 Å². The molecule has 3 nitrogen and oxygen atoms in total. The second-order valence-corrected chi connectivity index (χ2v) is 5.64. The van der Waals surface area contributed by atoms with Crippen molar-refractivity contribution in [1.29, 1.82) is 0 Å². The van der Waals surface area contributed by atoms with E-state index in [0.717, 1.165) is 24.5 Å². The third-order valence-electron chi connectivity index (χ3n) is 3.05. The van der Waals surface area contributed by atoms with Crippen molar-refractivity contribution in [3.8, 4) is 0 Å². The molecule has 2 heterocycles. The summed E-state index contributed by atoms with van der Waals surface area (Å²) in [7, 11) is 0. The molecule has 2 unspecified atom stereocenters. The van der Waals surface area contributed by atoms with Crippen molar-refractivity contribution >= 4 is 11.3 Å². The number of thiazole rings is 1. The molecule has 1 aromatic rings. The molecule has 0 bridgehead atoms. The van der Waals surface area contributed by atoms with E-state index in [1.165, 1.54) is 17.7 Å². The van der Waals surface area contributed by atoms with E-state index in [1.807, 2.05) is 13.1 Å². The van der Waals surface area contributed by atoms with Crippen molar-refractivity contribution in [2.24, 2.45) is 11.7 Å². The Morgan fingerprint density at radius 1 is 1.73 bits per heavy atom. The normalized spacial score (nSPS) is 24.0. The van der Waals surface area contributed by atoms with Gasteiger partial charge in [-0.15, -0.1) is 11.3 Å². The average molecular weight is 225 g/mol. The molecule has 2 atom stereocenters. The monoisotopic (exact) mass is 225 g/mol. The molecule has 4 heteroatoms. The number of nitrogens with two attached hydrogens (primary N) is 1. The lowest BCUT2D eigenvalue weighted by molar-refractivity contribution is 0.321. The second-order valence-electron chi connectivity index (χ2n) is 4.32. The zero-order chi connectivity index (χ0) is 10.7. The Kier molecular flexibility index (Phi) is 3.72. The summed E-state index contributed by atoms with van der Waals surface area (Å²) in [5.41, 5.74) is 6.23. The Morgan fingerprint density at radius 2 is 2.60 bits per heavy atom. The van der Waals surface area contributed by atoms with Gasteiger partial charge in [-0.05, 0) is 45.2 Å². The highest BCUT2D eigenvalue weighted by molar-refractivity contribution is 7.11. The molecule has 84 valence electrons. The summed E-state index contributed by atoms with van der Waals surface area (Å²) in [5.74, 6) is 0.640. The minimum Gasteiger partial charge on any atom is -0.327 e. The average Bonchev–Trinajstić information content (AvgIpc) is 2.65. The Balaban J connectivity index is 1.88. The van der Waals surface area contributed by atoms with E-state index in [9.17, 15) is 0 Å². The molecule has 0 aromatic carbocycles. The van der Waals surface area contributed by atoms with Gasteiger partial charge in [0.15, 0.2) is 0 Å². The van der Waals surface area contributed by atoms with E-state index in [-0.39, 0.29) is 6.04 Å². The van der Waals surface area contributed by atoms with Crippen LogP contribution in [0.4, 0.5) is 0 Å². The second kappa shape index (κ2) is 5.05. The molecule has 0 amide bonds. The number of hydrogen-bond acceptors (Lipinski definition) is 4. The van der Waals surface area contributed by atoms with Crippen molar-refractivity contribution in [2.45, 2.75) is 32.2 Å². The summed E-state index contributed by atoms with van der Waals surface area (Å²) < 4.78 is 0. The van der Waals surface area contributed by atoms with Crippen molar-refractivity contribution in [3.05, 3.63) is 16.1 Å². The van der Waals surface area contributed by atoms with Crippen LogP contribution in [-0.4, -0.2) is 24.1 Å². The van der Waals surface area contributed by atoms with E-state index in [4.69, 9.17) is 5.73 Å². The number of aromatic nitrogens is 1. The maximum atomic E-state index is 6.23. The zero-order valence-electron chi connectivity index (χ0n) is 9.20. The summed E-state index contributed by atoms with van der Waals surface area (Å²) >= 11 is 1.77. The van der Waals surface area contributed by atoms with Gasteiger partial charge in [0.1, 0.15) is 0 Å². The Bertz CT molecular complexity index is 305. The van der Waals surface area contributed by atoms with E-state index >= 15 is 0 Å². The third kappa shape index (κ3) is 3.00. The highest BCUT2D eigenvalue weighted by Gasteiger charge is 2.20. The van der Waals surface area contributed by atoms with Crippen molar-refractivity contribution in [2.75, 3.05) is 13.1 Å².